The second-order valence-electron chi connectivity index (χ2n) is 6.01. The summed E-state index contributed by atoms with van der Waals surface area (Å²) < 4.78 is 32.4. The van der Waals surface area contributed by atoms with Crippen molar-refractivity contribution in [2.75, 3.05) is 24.3 Å². The number of pyridine rings is 1. The summed E-state index contributed by atoms with van der Waals surface area (Å²) in [7, 11) is 1.63. The summed E-state index contributed by atoms with van der Waals surface area (Å²) in [6.07, 6.45) is 2.28. The molecular formula is C21H19F2N3O2. The van der Waals surface area contributed by atoms with Gasteiger partial charge in [-0.05, 0) is 48.4 Å². The molecule has 5 nitrogen and oxygen atoms in total. The molecule has 0 spiro atoms. The van der Waals surface area contributed by atoms with Gasteiger partial charge in [-0.25, -0.2) is 13.8 Å². The number of hydrogen-bond acceptors (Lipinski definition) is 4. The standard InChI is InChI=1S/C21H19F2N3O2/c1-28-16-5-2-4-14(12-16)10-11-24-15-8-9-19(25-13-15)21(27)26-20-17(22)6-3-7-18(20)23/h2-9,12-13,24H,10-11H2,1H3,(H,26,27). The zero-order valence-corrected chi connectivity index (χ0v) is 15.2. The maximum absolute atomic E-state index is 13.6. The van der Waals surface area contributed by atoms with Crippen molar-refractivity contribution in [3.8, 4) is 5.75 Å². The number of nitrogens with one attached hydrogen (secondary N) is 2. The van der Waals surface area contributed by atoms with E-state index in [1.165, 1.54) is 18.3 Å². The normalized spacial score (nSPS) is 10.4. The lowest BCUT2D eigenvalue weighted by Gasteiger charge is -2.09. The van der Waals surface area contributed by atoms with Gasteiger partial charge < -0.3 is 15.4 Å². The zero-order chi connectivity index (χ0) is 19.9. The molecule has 2 aromatic carbocycles. The molecule has 1 heterocycles. The van der Waals surface area contributed by atoms with Crippen molar-refractivity contribution in [2.45, 2.75) is 6.42 Å². The molecule has 144 valence electrons. The fraction of sp³-hybridized carbons (Fsp3) is 0.143. The molecule has 0 radical (unpaired) electrons. The van der Waals surface area contributed by atoms with E-state index in [9.17, 15) is 13.6 Å². The third kappa shape index (κ3) is 4.82. The van der Waals surface area contributed by atoms with E-state index >= 15 is 0 Å². The Morgan fingerprint density at radius 2 is 1.82 bits per heavy atom. The van der Waals surface area contributed by atoms with Gasteiger partial charge in [0.1, 0.15) is 28.8 Å². The van der Waals surface area contributed by atoms with E-state index in [1.807, 2.05) is 24.3 Å². The molecule has 0 atom stereocenters. The summed E-state index contributed by atoms with van der Waals surface area (Å²) in [4.78, 5) is 16.2. The number of rotatable bonds is 7. The number of carbonyl (C=O) groups excluding carboxylic acids is 1. The molecule has 0 aliphatic heterocycles. The molecule has 3 aromatic rings. The van der Waals surface area contributed by atoms with Crippen LogP contribution >= 0.6 is 0 Å². The Hall–Kier alpha value is -3.48. The number of benzene rings is 2. The summed E-state index contributed by atoms with van der Waals surface area (Å²) in [5.41, 5.74) is 1.43. The molecule has 28 heavy (non-hydrogen) atoms. The smallest absolute Gasteiger partial charge is 0.274 e. The van der Waals surface area contributed by atoms with Gasteiger partial charge in [0, 0.05) is 6.54 Å². The van der Waals surface area contributed by atoms with Gasteiger partial charge >= 0.3 is 0 Å². The van der Waals surface area contributed by atoms with Gasteiger partial charge in [-0.3, -0.25) is 4.79 Å². The molecule has 0 fully saturated rings. The Kier molecular flexibility index (Phi) is 6.16. The number of aromatic nitrogens is 1. The molecule has 0 aliphatic rings. The van der Waals surface area contributed by atoms with Crippen LogP contribution in [0.1, 0.15) is 16.1 Å². The number of hydrogen-bond donors (Lipinski definition) is 2. The first-order chi connectivity index (χ1) is 13.6. The van der Waals surface area contributed by atoms with Gasteiger partial charge in [0.15, 0.2) is 0 Å². The number of amides is 1. The van der Waals surface area contributed by atoms with E-state index in [-0.39, 0.29) is 5.69 Å². The van der Waals surface area contributed by atoms with Crippen LogP contribution in [0.15, 0.2) is 60.8 Å². The zero-order valence-electron chi connectivity index (χ0n) is 15.2. The van der Waals surface area contributed by atoms with Crippen LogP contribution < -0.4 is 15.4 Å². The SMILES string of the molecule is COc1cccc(CCNc2ccc(C(=O)Nc3c(F)cccc3F)nc2)c1. The van der Waals surface area contributed by atoms with Gasteiger partial charge in [-0.1, -0.05) is 18.2 Å². The quantitative estimate of drug-likeness (QED) is 0.639. The van der Waals surface area contributed by atoms with Gasteiger partial charge in [-0.15, -0.1) is 0 Å². The third-order valence-electron chi connectivity index (χ3n) is 4.07. The second kappa shape index (κ2) is 8.94. The van der Waals surface area contributed by atoms with E-state index in [0.717, 1.165) is 35.6 Å². The van der Waals surface area contributed by atoms with Crippen LogP contribution in [0.2, 0.25) is 0 Å². The fourth-order valence-electron chi connectivity index (χ4n) is 2.61. The largest absolute Gasteiger partial charge is 0.497 e. The van der Waals surface area contributed by atoms with Crippen molar-refractivity contribution in [1.29, 1.82) is 0 Å². The van der Waals surface area contributed by atoms with E-state index in [4.69, 9.17) is 4.74 Å². The maximum Gasteiger partial charge on any atom is 0.274 e. The van der Waals surface area contributed by atoms with Crippen molar-refractivity contribution in [2.24, 2.45) is 0 Å². The lowest BCUT2D eigenvalue weighted by Crippen LogP contribution is -2.16. The molecule has 7 heteroatoms. The first kappa shape index (κ1) is 19.3. The van der Waals surface area contributed by atoms with E-state index in [0.29, 0.717) is 6.54 Å². The number of methoxy groups -OCH3 is 1. The highest BCUT2D eigenvalue weighted by molar-refractivity contribution is 6.03. The summed E-state index contributed by atoms with van der Waals surface area (Å²) in [6.45, 7) is 0.667. The molecule has 0 unspecified atom stereocenters. The topological polar surface area (TPSA) is 63.2 Å². The number of halogens is 2. The highest BCUT2D eigenvalue weighted by atomic mass is 19.1. The number of ether oxygens (including phenoxy) is 1. The Labute approximate surface area is 161 Å². The Balaban J connectivity index is 1.56. The average Bonchev–Trinajstić information content (AvgIpc) is 2.71. The van der Waals surface area contributed by atoms with Crippen LogP contribution in [0.3, 0.4) is 0 Å². The fourth-order valence-corrected chi connectivity index (χ4v) is 2.61. The lowest BCUT2D eigenvalue weighted by molar-refractivity contribution is 0.102. The van der Waals surface area contributed by atoms with Crippen molar-refractivity contribution in [1.82, 2.24) is 4.98 Å². The first-order valence-corrected chi connectivity index (χ1v) is 8.65. The Bertz CT molecular complexity index is 942. The Morgan fingerprint density at radius 1 is 1.07 bits per heavy atom. The molecule has 0 aliphatic carbocycles. The molecule has 3 rings (SSSR count). The molecule has 1 aromatic heterocycles. The van der Waals surface area contributed by atoms with E-state index in [2.05, 4.69) is 15.6 Å². The van der Waals surface area contributed by atoms with Crippen LogP contribution in [-0.2, 0) is 6.42 Å². The van der Waals surface area contributed by atoms with Crippen LogP contribution in [0.4, 0.5) is 20.2 Å². The highest BCUT2D eigenvalue weighted by Crippen LogP contribution is 2.19. The monoisotopic (exact) mass is 383 g/mol. The molecule has 2 N–H and O–H groups in total. The summed E-state index contributed by atoms with van der Waals surface area (Å²) in [5, 5.41) is 5.42. The molecule has 0 bridgehead atoms. The molecule has 0 saturated carbocycles. The number of carbonyl (C=O) groups is 1. The van der Waals surface area contributed by atoms with Crippen LogP contribution in [0.5, 0.6) is 5.75 Å². The molecular weight excluding hydrogens is 364 g/mol. The minimum atomic E-state index is -0.843. The van der Waals surface area contributed by atoms with Gasteiger partial charge in [-0.2, -0.15) is 0 Å². The van der Waals surface area contributed by atoms with Crippen molar-refractivity contribution in [3.63, 3.8) is 0 Å². The Morgan fingerprint density at radius 3 is 2.50 bits per heavy atom. The predicted octanol–water partition coefficient (Wildman–Crippen LogP) is 4.28. The van der Waals surface area contributed by atoms with E-state index < -0.39 is 23.2 Å². The van der Waals surface area contributed by atoms with Crippen LogP contribution in [0, 0.1) is 11.6 Å². The lowest BCUT2D eigenvalue weighted by atomic mass is 10.1. The maximum atomic E-state index is 13.6. The summed E-state index contributed by atoms with van der Waals surface area (Å²) in [5.74, 6) is -1.57. The number of para-hydroxylation sites is 1. The third-order valence-corrected chi connectivity index (χ3v) is 4.07. The minimum absolute atomic E-state index is 0.0565. The highest BCUT2D eigenvalue weighted by Gasteiger charge is 2.14. The van der Waals surface area contributed by atoms with Crippen molar-refractivity contribution in [3.05, 3.63) is 83.7 Å². The van der Waals surface area contributed by atoms with E-state index in [1.54, 1.807) is 13.2 Å². The van der Waals surface area contributed by atoms with Gasteiger partial charge in [0.05, 0.1) is 19.0 Å². The first-order valence-electron chi connectivity index (χ1n) is 8.65. The average molecular weight is 383 g/mol. The number of nitrogens with zero attached hydrogens (tertiary/aromatic N) is 1. The van der Waals surface area contributed by atoms with Gasteiger partial charge in [0.2, 0.25) is 0 Å². The molecule has 1 amide bonds. The van der Waals surface area contributed by atoms with Crippen LogP contribution in [0.25, 0.3) is 0 Å². The minimum Gasteiger partial charge on any atom is -0.497 e. The summed E-state index contributed by atoms with van der Waals surface area (Å²) in [6, 6.07) is 14.3. The second-order valence-corrected chi connectivity index (χ2v) is 6.01. The van der Waals surface area contributed by atoms with Crippen molar-refractivity contribution >= 4 is 17.3 Å². The predicted molar refractivity (Wildman–Crippen MR) is 104 cm³/mol. The summed E-state index contributed by atoms with van der Waals surface area (Å²) >= 11 is 0. The van der Waals surface area contributed by atoms with Gasteiger partial charge in [0.25, 0.3) is 5.91 Å². The van der Waals surface area contributed by atoms with Crippen molar-refractivity contribution < 1.29 is 18.3 Å². The van der Waals surface area contributed by atoms with Crippen LogP contribution in [-0.4, -0.2) is 24.5 Å². The number of anilines is 2. The molecule has 0 saturated heterocycles.